The smallest absolute Gasteiger partial charge is 0.254 e. The number of carbonyl (C=O) groups excluding carboxylic acids is 1. The van der Waals surface area contributed by atoms with Crippen molar-refractivity contribution in [3.8, 4) is 0 Å². The fourth-order valence-electron chi connectivity index (χ4n) is 2.12. The first kappa shape index (κ1) is 15.2. The lowest BCUT2D eigenvalue weighted by molar-refractivity contribution is 0.0572. The van der Waals surface area contributed by atoms with E-state index in [0.717, 1.165) is 5.69 Å². The zero-order valence-corrected chi connectivity index (χ0v) is 12.6. The van der Waals surface area contributed by atoms with E-state index in [1.807, 2.05) is 20.8 Å². The lowest BCUT2D eigenvalue weighted by atomic mass is 9.91. The van der Waals surface area contributed by atoms with Gasteiger partial charge < -0.3 is 15.1 Å². The standard InChI is InChI=1S/C14H19ClN2O3/c1-14(2,3)11-4-8(5-12(15)16-11)13(20)17-6-9(18)10(19)7-17/h4-5,9-10,18-19H,6-7H2,1-3H3. The van der Waals surface area contributed by atoms with Crippen LogP contribution in [-0.2, 0) is 5.41 Å². The normalized spacial score (nSPS) is 23.2. The summed E-state index contributed by atoms with van der Waals surface area (Å²) >= 11 is 5.98. The monoisotopic (exact) mass is 298 g/mol. The summed E-state index contributed by atoms with van der Waals surface area (Å²) in [6.07, 6.45) is -1.78. The van der Waals surface area contributed by atoms with Crippen LogP contribution in [0.5, 0.6) is 0 Å². The van der Waals surface area contributed by atoms with Crippen LogP contribution < -0.4 is 0 Å². The second-order valence-electron chi connectivity index (χ2n) is 6.16. The van der Waals surface area contributed by atoms with E-state index in [0.29, 0.717) is 5.56 Å². The van der Waals surface area contributed by atoms with Crippen molar-refractivity contribution in [2.45, 2.75) is 38.4 Å². The minimum absolute atomic E-state index is 0.130. The molecule has 2 rings (SSSR count). The molecule has 2 atom stereocenters. The van der Waals surface area contributed by atoms with Crippen molar-refractivity contribution in [2.24, 2.45) is 0 Å². The van der Waals surface area contributed by atoms with Crippen molar-refractivity contribution >= 4 is 17.5 Å². The summed E-state index contributed by atoms with van der Waals surface area (Å²) < 4.78 is 0. The van der Waals surface area contributed by atoms with Crippen molar-refractivity contribution < 1.29 is 15.0 Å². The number of β-amino-alcohol motifs (C(OH)–C–C–N with tert-alkyl or cyclic N) is 2. The van der Waals surface area contributed by atoms with E-state index in [-0.39, 0.29) is 29.6 Å². The van der Waals surface area contributed by atoms with Crippen LogP contribution in [0, 0.1) is 0 Å². The van der Waals surface area contributed by atoms with Crippen LogP contribution in [-0.4, -0.2) is 51.3 Å². The summed E-state index contributed by atoms with van der Waals surface area (Å²) in [6, 6.07) is 3.22. The van der Waals surface area contributed by atoms with Gasteiger partial charge in [0.2, 0.25) is 0 Å². The number of hydrogen-bond acceptors (Lipinski definition) is 4. The van der Waals surface area contributed by atoms with Gasteiger partial charge in [0.05, 0.1) is 12.2 Å². The van der Waals surface area contributed by atoms with Crippen molar-refractivity contribution in [1.82, 2.24) is 9.88 Å². The Bertz CT molecular complexity index is 518. The number of aromatic nitrogens is 1. The quantitative estimate of drug-likeness (QED) is 0.764. The number of aliphatic hydroxyl groups excluding tert-OH is 2. The molecule has 0 saturated carbocycles. The van der Waals surface area contributed by atoms with Crippen molar-refractivity contribution in [3.05, 3.63) is 28.5 Å². The highest BCUT2D eigenvalue weighted by Gasteiger charge is 2.33. The first-order valence-corrected chi connectivity index (χ1v) is 6.90. The molecule has 1 aliphatic rings. The second kappa shape index (κ2) is 5.31. The van der Waals surface area contributed by atoms with E-state index in [9.17, 15) is 15.0 Å². The molecule has 1 amide bonds. The molecule has 1 aromatic rings. The van der Waals surface area contributed by atoms with Crippen LogP contribution in [0.25, 0.3) is 0 Å². The lowest BCUT2D eigenvalue weighted by Gasteiger charge is -2.20. The average molecular weight is 299 g/mol. The van der Waals surface area contributed by atoms with Crippen LogP contribution in [0.3, 0.4) is 0 Å². The molecule has 20 heavy (non-hydrogen) atoms. The molecule has 5 nitrogen and oxygen atoms in total. The van der Waals surface area contributed by atoms with Crippen molar-refractivity contribution in [1.29, 1.82) is 0 Å². The molecule has 2 unspecified atom stereocenters. The molecule has 0 aliphatic carbocycles. The topological polar surface area (TPSA) is 73.7 Å². The Morgan fingerprint density at radius 2 is 1.85 bits per heavy atom. The molecule has 2 heterocycles. The van der Waals surface area contributed by atoms with Crippen molar-refractivity contribution in [3.63, 3.8) is 0 Å². The molecule has 6 heteroatoms. The number of amides is 1. The molecule has 1 fully saturated rings. The zero-order valence-electron chi connectivity index (χ0n) is 11.8. The maximum atomic E-state index is 12.4. The Hall–Kier alpha value is -1.17. The third-order valence-electron chi connectivity index (χ3n) is 3.36. The minimum atomic E-state index is -0.890. The van der Waals surface area contributed by atoms with E-state index in [1.54, 1.807) is 6.07 Å². The molecule has 1 aromatic heterocycles. The molecular weight excluding hydrogens is 280 g/mol. The molecule has 1 aliphatic heterocycles. The Kier molecular flexibility index (Phi) is 4.04. The van der Waals surface area contributed by atoms with Gasteiger partial charge in [-0.15, -0.1) is 0 Å². The highest BCUT2D eigenvalue weighted by molar-refractivity contribution is 6.29. The van der Waals surface area contributed by atoms with Gasteiger partial charge in [-0.3, -0.25) is 4.79 Å². The van der Waals surface area contributed by atoms with E-state index in [1.165, 1.54) is 11.0 Å². The SMILES string of the molecule is CC(C)(C)c1cc(C(=O)N2CC(O)C(O)C2)cc(Cl)n1. The first-order chi connectivity index (χ1) is 9.18. The Labute approximate surface area is 123 Å². The van der Waals surface area contributed by atoms with Crippen LogP contribution in [0.2, 0.25) is 5.15 Å². The number of halogens is 1. The van der Waals surface area contributed by atoms with Crippen molar-refractivity contribution in [2.75, 3.05) is 13.1 Å². The Morgan fingerprint density at radius 3 is 2.35 bits per heavy atom. The van der Waals surface area contributed by atoms with E-state index in [2.05, 4.69) is 4.98 Å². The van der Waals surface area contributed by atoms with Gasteiger partial charge in [0.25, 0.3) is 5.91 Å². The first-order valence-electron chi connectivity index (χ1n) is 6.52. The largest absolute Gasteiger partial charge is 0.388 e. The average Bonchev–Trinajstić information content (AvgIpc) is 2.67. The molecule has 0 aromatic carbocycles. The van der Waals surface area contributed by atoms with E-state index in [4.69, 9.17) is 11.6 Å². The number of pyridine rings is 1. The van der Waals surface area contributed by atoms with Crippen LogP contribution in [0.4, 0.5) is 0 Å². The number of hydrogen-bond donors (Lipinski definition) is 2. The van der Waals surface area contributed by atoms with Crippen LogP contribution >= 0.6 is 11.6 Å². The maximum Gasteiger partial charge on any atom is 0.254 e. The maximum absolute atomic E-state index is 12.4. The highest BCUT2D eigenvalue weighted by atomic mass is 35.5. The van der Waals surface area contributed by atoms with Gasteiger partial charge in [-0.25, -0.2) is 4.98 Å². The number of likely N-dealkylation sites (tertiary alicyclic amines) is 1. The predicted octanol–water partition coefficient (Wildman–Crippen LogP) is 1.21. The van der Waals surface area contributed by atoms with Gasteiger partial charge in [-0.2, -0.15) is 0 Å². The fourth-order valence-corrected chi connectivity index (χ4v) is 2.33. The molecule has 110 valence electrons. The fraction of sp³-hybridized carbons (Fsp3) is 0.571. The van der Waals surface area contributed by atoms with Gasteiger partial charge in [-0.05, 0) is 12.1 Å². The Morgan fingerprint density at radius 1 is 1.30 bits per heavy atom. The van der Waals surface area contributed by atoms with Gasteiger partial charge in [0, 0.05) is 29.8 Å². The van der Waals surface area contributed by atoms with Gasteiger partial charge in [0.15, 0.2) is 0 Å². The summed E-state index contributed by atoms with van der Waals surface area (Å²) in [6.45, 7) is 6.23. The number of nitrogens with zero attached hydrogens (tertiary/aromatic N) is 2. The van der Waals surface area contributed by atoms with E-state index < -0.39 is 12.2 Å². The highest BCUT2D eigenvalue weighted by Crippen LogP contribution is 2.24. The molecular formula is C14H19ClN2O3. The van der Waals surface area contributed by atoms with Gasteiger partial charge in [-0.1, -0.05) is 32.4 Å². The predicted molar refractivity (Wildman–Crippen MR) is 75.9 cm³/mol. The molecule has 2 N–H and O–H groups in total. The molecule has 0 spiro atoms. The lowest BCUT2D eigenvalue weighted by Crippen LogP contribution is -2.30. The summed E-state index contributed by atoms with van der Waals surface area (Å²) in [5, 5.41) is 19.3. The van der Waals surface area contributed by atoms with Crippen LogP contribution in [0.1, 0.15) is 36.8 Å². The molecule has 0 bridgehead atoms. The summed E-state index contributed by atoms with van der Waals surface area (Å²) in [5.41, 5.74) is 0.939. The zero-order chi connectivity index (χ0) is 15.1. The van der Waals surface area contributed by atoms with Gasteiger partial charge >= 0.3 is 0 Å². The van der Waals surface area contributed by atoms with Crippen LogP contribution in [0.15, 0.2) is 12.1 Å². The number of rotatable bonds is 1. The summed E-state index contributed by atoms with van der Waals surface area (Å²) in [4.78, 5) is 18.1. The van der Waals surface area contributed by atoms with E-state index >= 15 is 0 Å². The second-order valence-corrected chi connectivity index (χ2v) is 6.55. The number of aliphatic hydroxyl groups is 2. The third kappa shape index (κ3) is 3.11. The summed E-state index contributed by atoms with van der Waals surface area (Å²) in [5.74, 6) is -0.254. The minimum Gasteiger partial charge on any atom is -0.388 e. The third-order valence-corrected chi connectivity index (χ3v) is 3.55. The molecule has 1 saturated heterocycles. The number of carbonyl (C=O) groups is 1. The Balaban J connectivity index is 2.29. The van der Waals surface area contributed by atoms with Gasteiger partial charge in [0.1, 0.15) is 5.15 Å². The molecule has 0 radical (unpaired) electrons. The summed E-state index contributed by atoms with van der Waals surface area (Å²) in [7, 11) is 0.